The zero-order chi connectivity index (χ0) is 15.4. The Balaban J connectivity index is 2.23. The van der Waals surface area contributed by atoms with Crippen molar-refractivity contribution in [2.75, 3.05) is 11.9 Å². The minimum absolute atomic E-state index is 0.293. The van der Waals surface area contributed by atoms with Gasteiger partial charge in [0.25, 0.3) is 5.91 Å². The van der Waals surface area contributed by atoms with E-state index in [1.807, 2.05) is 13.8 Å². The highest BCUT2D eigenvalue weighted by atomic mass is 32.1. The highest BCUT2D eigenvalue weighted by Crippen LogP contribution is 2.28. The molecule has 0 spiro atoms. The van der Waals surface area contributed by atoms with Gasteiger partial charge in [-0.15, -0.1) is 11.3 Å². The van der Waals surface area contributed by atoms with Crippen molar-refractivity contribution >= 4 is 28.2 Å². The minimum atomic E-state index is -0.431. The van der Waals surface area contributed by atoms with Crippen LogP contribution < -0.4 is 5.32 Å². The van der Waals surface area contributed by atoms with Gasteiger partial charge in [-0.3, -0.25) is 9.78 Å². The number of nitrogens with zero attached hydrogens (tertiary/aromatic N) is 1. The largest absolute Gasteiger partial charge is 0.462 e. The van der Waals surface area contributed by atoms with Gasteiger partial charge in [0.15, 0.2) is 0 Å². The molecule has 0 radical (unpaired) electrons. The van der Waals surface area contributed by atoms with Crippen molar-refractivity contribution in [2.45, 2.75) is 20.8 Å². The van der Waals surface area contributed by atoms with Gasteiger partial charge in [-0.2, -0.15) is 0 Å². The van der Waals surface area contributed by atoms with Crippen molar-refractivity contribution in [3.63, 3.8) is 0 Å². The lowest BCUT2D eigenvalue weighted by atomic mass is 10.2. The molecule has 1 N–H and O–H groups in total. The molecular formula is C15H16N2O3S. The summed E-state index contributed by atoms with van der Waals surface area (Å²) >= 11 is 1.34. The Hall–Kier alpha value is -2.21. The summed E-state index contributed by atoms with van der Waals surface area (Å²) in [7, 11) is 0. The lowest BCUT2D eigenvalue weighted by Crippen LogP contribution is -2.14. The molecule has 0 saturated heterocycles. The molecule has 0 aliphatic heterocycles. The van der Waals surface area contributed by atoms with E-state index in [0.29, 0.717) is 22.7 Å². The van der Waals surface area contributed by atoms with Gasteiger partial charge < -0.3 is 10.1 Å². The first kappa shape index (κ1) is 15.2. The number of carbonyl (C=O) groups excluding carboxylic acids is 2. The van der Waals surface area contributed by atoms with Crippen molar-refractivity contribution in [3.8, 4) is 0 Å². The second-order valence-electron chi connectivity index (χ2n) is 4.53. The highest BCUT2D eigenvalue weighted by molar-refractivity contribution is 7.16. The van der Waals surface area contributed by atoms with Crippen LogP contribution in [0, 0.1) is 13.8 Å². The number of hydrogen-bond acceptors (Lipinski definition) is 5. The zero-order valence-electron chi connectivity index (χ0n) is 12.1. The SMILES string of the molecule is CCOC(=O)c1cc(C)sc1NC(=O)c1cncc(C)c1. The van der Waals surface area contributed by atoms with Crippen LogP contribution in [0.15, 0.2) is 24.5 Å². The molecule has 0 aliphatic rings. The van der Waals surface area contributed by atoms with Crippen LogP contribution in [0.5, 0.6) is 0 Å². The Labute approximate surface area is 127 Å². The number of carbonyl (C=O) groups is 2. The Morgan fingerprint density at radius 2 is 2.05 bits per heavy atom. The monoisotopic (exact) mass is 304 g/mol. The molecule has 2 heterocycles. The summed E-state index contributed by atoms with van der Waals surface area (Å²) in [5.74, 6) is -0.724. The number of thiophene rings is 1. The second-order valence-corrected chi connectivity index (χ2v) is 5.78. The van der Waals surface area contributed by atoms with Gasteiger partial charge in [-0.05, 0) is 38.5 Å². The first-order valence-electron chi connectivity index (χ1n) is 6.51. The molecule has 5 nitrogen and oxygen atoms in total. The van der Waals surface area contributed by atoms with E-state index in [2.05, 4.69) is 10.3 Å². The highest BCUT2D eigenvalue weighted by Gasteiger charge is 2.18. The quantitative estimate of drug-likeness (QED) is 0.881. The Bertz CT molecular complexity index is 679. The summed E-state index contributed by atoms with van der Waals surface area (Å²) in [5, 5.41) is 3.25. The van der Waals surface area contributed by atoms with Gasteiger partial charge in [-0.1, -0.05) is 0 Å². The van der Waals surface area contributed by atoms with Crippen LogP contribution in [0.1, 0.15) is 38.1 Å². The van der Waals surface area contributed by atoms with Gasteiger partial charge in [0.05, 0.1) is 17.7 Å². The number of aromatic nitrogens is 1. The normalized spacial score (nSPS) is 10.2. The maximum Gasteiger partial charge on any atom is 0.341 e. The fraction of sp³-hybridized carbons (Fsp3) is 0.267. The van der Waals surface area contributed by atoms with Crippen LogP contribution in [-0.2, 0) is 4.74 Å². The molecule has 2 rings (SSSR count). The molecule has 0 unspecified atom stereocenters. The van der Waals surface area contributed by atoms with Gasteiger partial charge in [0.2, 0.25) is 0 Å². The van der Waals surface area contributed by atoms with Crippen LogP contribution in [-0.4, -0.2) is 23.5 Å². The molecule has 2 aromatic heterocycles. The molecule has 0 atom stereocenters. The van der Waals surface area contributed by atoms with E-state index in [4.69, 9.17) is 4.74 Å². The summed E-state index contributed by atoms with van der Waals surface area (Å²) in [4.78, 5) is 29.0. The summed E-state index contributed by atoms with van der Waals surface area (Å²) in [6, 6.07) is 3.46. The molecule has 0 bridgehead atoms. The van der Waals surface area contributed by atoms with Crippen molar-refractivity contribution in [3.05, 3.63) is 46.1 Å². The minimum Gasteiger partial charge on any atom is -0.462 e. The number of anilines is 1. The molecule has 6 heteroatoms. The fourth-order valence-corrected chi connectivity index (χ4v) is 2.72. The third-order valence-electron chi connectivity index (χ3n) is 2.71. The average Bonchev–Trinajstić information content (AvgIpc) is 2.80. The maximum absolute atomic E-state index is 12.2. The van der Waals surface area contributed by atoms with Crippen LogP contribution in [0.4, 0.5) is 5.00 Å². The lowest BCUT2D eigenvalue weighted by Gasteiger charge is -2.06. The predicted molar refractivity (Wildman–Crippen MR) is 81.9 cm³/mol. The van der Waals surface area contributed by atoms with Crippen molar-refractivity contribution in [2.24, 2.45) is 0 Å². The predicted octanol–water partition coefficient (Wildman–Crippen LogP) is 3.19. The van der Waals surface area contributed by atoms with Crippen LogP contribution in [0.25, 0.3) is 0 Å². The molecule has 2 aromatic rings. The van der Waals surface area contributed by atoms with Crippen molar-refractivity contribution in [1.82, 2.24) is 4.98 Å². The number of pyridine rings is 1. The number of aryl methyl sites for hydroxylation is 2. The Morgan fingerprint density at radius 3 is 2.71 bits per heavy atom. The van der Waals surface area contributed by atoms with Crippen LogP contribution in [0.3, 0.4) is 0 Å². The Morgan fingerprint density at radius 1 is 1.29 bits per heavy atom. The van der Waals surface area contributed by atoms with Crippen molar-refractivity contribution in [1.29, 1.82) is 0 Å². The number of esters is 1. The molecule has 21 heavy (non-hydrogen) atoms. The number of nitrogens with one attached hydrogen (secondary N) is 1. The maximum atomic E-state index is 12.2. The number of ether oxygens (including phenoxy) is 1. The van der Waals surface area contributed by atoms with E-state index in [1.165, 1.54) is 17.5 Å². The molecule has 0 saturated carbocycles. The van der Waals surface area contributed by atoms with E-state index in [1.54, 1.807) is 25.3 Å². The lowest BCUT2D eigenvalue weighted by molar-refractivity contribution is 0.0528. The summed E-state index contributed by atoms with van der Waals surface area (Å²) in [6.07, 6.45) is 3.17. The van der Waals surface area contributed by atoms with E-state index in [0.717, 1.165) is 10.4 Å². The second kappa shape index (κ2) is 6.49. The molecule has 110 valence electrons. The topological polar surface area (TPSA) is 68.3 Å². The number of rotatable bonds is 4. The molecule has 0 aromatic carbocycles. The molecular weight excluding hydrogens is 288 g/mol. The fourth-order valence-electron chi connectivity index (χ4n) is 1.82. The van der Waals surface area contributed by atoms with Gasteiger partial charge in [0, 0.05) is 17.3 Å². The van der Waals surface area contributed by atoms with Gasteiger partial charge >= 0.3 is 5.97 Å². The third-order valence-corrected chi connectivity index (χ3v) is 3.68. The molecule has 0 aliphatic carbocycles. The van der Waals surface area contributed by atoms with Crippen LogP contribution in [0.2, 0.25) is 0 Å². The van der Waals surface area contributed by atoms with E-state index in [9.17, 15) is 9.59 Å². The van der Waals surface area contributed by atoms with Gasteiger partial charge in [0.1, 0.15) is 5.00 Å². The van der Waals surface area contributed by atoms with E-state index in [-0.39, 0.29) is 5.91 Å². The number of hydrogen-bond donors (Lipinski definition) is 1. The summed E-state index contributed by atoms with van der Waals surface area (Å²) in [6.45, 7) is 5.77. The summed E-state index contributed by atoms with van der Waals surface area (Å²) < 4.78 is 4.99. The van der Waals surface area contributed by atoms with Gasteiger partial charge in [-0.25, -0.2) is 4.79 Å². The molecule has 1 amide bonds. The summed E-state index contributed by atoms with van der Waals surface area (Å²) in [5.41, 5.74) is 1.74. The first-order valence-corrected chi connectivity index (χ1v) is 7.33. The Kier molecular flexibility index (Phi) is 4.70. The average molecular weight is 304 g/mol. The number of amides is 1. The van der Waals surface area contributed by atoms with E-state index < -0.39 is 5.97 Å². The standard InChI is InChI=1S/C15H16N2O3S/c1-4-20-15(19)12-6-10(3)21-14(12)17-13(18)11-5-9(2)7-16-8-11/h5-8H,4H2,1-3H3,(H,17,18). The zero-order valence-corrected chi connectivity index (χ0v) is 12.9. The van der Waals surface area contributed by atoms with Crippen molar-refractivity contribution < 1.29 is 14.3 Å². The smallest absolute Gasteiger partial charge is 0.341 e. The third kappa shape index (κ3) is 3.66. The first-order chi connectivity index (χ1) is 10.0. The van der Waals surface area contributed by atoms with Crippen LogP contribution >= 0.6 is 11.3 Å². The van der Waals surface area contributed by atoms with E-state index >= 15 is 0 Å². The molecule has 0 fully saturated rings.